The summed E-state index contributed by atoms with van der Waals surface area (Å²) < 4.78 is 10.6. The van der Waals surface area contributed by atoms with Gasteiger partial charge in [0.1, 0.15) is 18.4 Å². The van der Waals surface area contributed by atoms with Crippen molar-refractivity contribution in [3.8, 4) is 5.75 Å². The lowest BCUT2D eigenvalue weighted by atomic mass is 10.0. The first-order chi connectivity index (χ1) is 13.6. The first kappa shape index (κ1) is 19.9. The second kappa shape index (κ2) is 9.37. The van der Waals surface area contributed by atoms with Gasteiger partial charge < -0.3 is 20.1 Å². The minimum Gasteiger partial charge on any atom is -0.497 e. The zero-order chi connectivity index (χ0) is 19.9. The van der Waals surface area contributed by atoms with E-state index in [2.05, 4.69) is 0 Å². The maximum absolute atomic E-state index is 12.8. The third-order valence-electron chi connectivity index (χ3n) is 4.96. The average Bonchev–Trinajstić information content (AvgIpc) is 3.22. The van der Waals surface area contributed by atoms with Gasteiger partial charge in [0, 0.05) is 6.54 Å². The van der Waals surface area contributed by atoms with Crippen molar-refractivity contribution in [3.63, 3.8) is 0 Å². The van der Waals surface area contributed by atoms with E-state index in [0.29, 0.717) is 19.4 Å². The Morgan fingerprint density at radius 2 is 1.82 bits per heavy atom. The standard InChI is InChI=1S/C22H26N2O4/c1-27-18-11-9-16(10-12-18)14-19(23)21(25)24-13-5-8-20(24)22(26)28-15-17-6-3-2-4-7-17/h2-4,6-7,9-12,19-20H,5,8,13-15,23H2,1H3/t19?,20-/m0/s1. The molecule has 6 nitrogen and oxygen atoms in total. The van der Waals surface area contributed by atoms with Gasteiger partial charge in [-0.15, -0.1) is 0 Å². The Bertz CT molecular complexity index is 792. The minimum atomic E-state index is -0.698. The fourth-order valence-electron chi connectivity index (χ4n) is 3.42. The van der Waals surface area contributed by atoms with Crippen molar-refractivity contribution in [2.45, 2.75) is 38.0 Å². The smallest absolute Gasteiger partial charge is 0.329 e. The molecule has 0 spiro atoms. The summed E-state index contributed by atoms with van der Waals surface area (Å²) in [6.07, 6.45) is 1.78. The van der Waals surface area contributed by atoms with Gasteiger partial charge in [0.15, 0.2) is 0 Å². The zero-order valence-electron chi connectivity index (χ0n) is 16.0. The molecule has 0 saturated carbocycles. The van der Waals surface area contributed by atoms with Crippen LogP contribution in [-0.2, 0) is 27.4 Å². The summed E-state index contributed by atoms with van der Waals surface area (Å²) in [5.74, 6) is 0.172. The average molecular weight is 382 g/mol. The molecule has 148 valence electrons. The molecule has 0 aliphatic carbocycles. The van der Waals surface area contributed by atoms with Crippen LogP contribution in [0.1, 0.15) is 24.0 Å². The SMILES string of the molecule is COc1ccc(CC(N)C(=O)N2CCC[C@H]2C(=O)OCc2ccccc2)cc1. The van der Waals surface area contributed by atoms with Crippen molar-refractivity contribution in [3.05, 3.63) is 65.7 Å². The fourth-order valence-corrected chi connectivity index (χ4v) is 3.42. The Morgan fingerprint density at radius 1 is 1.11 bits per heavy atom. The van der Waals surface area contributed by atoms with Gasteiger partial charge in [-0.3, -0.25) is 4.79 Å². The van der Waals surface area contributed by atoms with Crippen LogP contribution in [0.5, 0.6) is 5.75 Å². The summed E-state index contributed by atoms with van der Waals surface area (Å²) in [7, 11) is 1.61. The van der Waals surface area contributed by atoms with Gasteiger partial charge in [-0.1, -0.05) is 42.5 Å². The van der Waals surface area contributed by atoms with Crippen molar-refractivity contribution >= 4 is 11.9 Å². The predicted molar refractivity (Wildman–Crippen MR) is 106 cm³/mol. The number of amides is 1. The van der Waals surface area contributed by atoms with Crippen molar-refractivity contribution in [1.82, 2.24) is 4.90 Å². The molecule has 0 bridgehead atoms. The van der Waals surface area contributed by atoms with Gasteiger partial charge in [-0.25, -0.2) is 4.79 Å². The van der Waals surface area contributed by atoms with E-state index in [-0.39, 0.29) is 18.5 Å². The fraction of sp³-hybridized carbons (Fsp3) is 0.364. The molecular formula is C22H26N2O4. The predicted octanol–water partition coefficient (Wildman–Crippen LogP) is 2.30. The molecule has 6 heteroatoms. The van der Waals surface area contributed by atoms with Crippen LogP contribution < -0.4 is 10.5 Å². The van der Waals surface area contributed by atoms with Crippen LogP contribution in [0.3, 0.4) is 0 Å². The van der Waals surface area contributed by atoms with Crippen LogP contribution >= 0.6 is 0 Å². The van der Waals surface area contributed by atoms with E-state index in [1.807, 2.05) is 54.6 Å². The maximum Gasteiger partial charge on any atom is 0.329 e. The van der Waals surface area contributed by atoms with E-state index < -0.39 is 12.1 Å². The molecule has 28 heavy (non-hydrogen) atoms. The molecule has 2 N–H and O–H groups in total. The minimum absolute atomic E-state index is 0.204. The molecule has 2 aromatic carbocycles. The van der Waals surface area contributed by atoms with E-state index in [4.69, 9.17) is 15.2 Å². The Hall–Kier alpha value is -2.86. The van der Waals surface area contributed by atoms with E-state index >= 15 is 0 Å². The Kier molecular flexibility index (Phi) is 6.66. The van der Waals surface area contributed by atoms with Crippen LogP contribution in [-0.4, -0.2) is 42.5 Å². The second-order valence-electron chi connectivity index (χ2n) is 6.94. The molecule has 2 atom stereocenters. The van der Waals surface area contributed by atoms with Crippen LogP contribution in [0.2, 0.25) is 0 Å². The van der Waals surface area contributed by atoms with E-state index in [9.17, 15) is 9.59 Å². The van der Waals surface area contributed by atoms with Gasteiger partial charge in [-0.2, -0.15) is 0 Å². The number of hydrogen-bond donors (Lipinski definition) is 1. The van der Waals surface area contributed by atoms with Crippen molar-refractivity contribution in [2.24, 2.45) is 5.73 Å². The molecule has 1 unspecified atom stereocenters. The molecule has 0 radical (unpaired) electrons. The number of ether oxygens (including phenoxy) is 2. The lowest BCUT2D eigenvalue weighted by molar-refractivity contribution is -0.154. The number of rotatable bonds is 7. The molecule has 1 aliphatic heterocycles. The van der Waals surface area contributed by atoms with Crippen LogP contribution in [0.4, 0.5) is 0 Å². The summed E-state index contributed by atoms with van der Waals surface area (Å²) in [4.78, 5) is 26.9. The first-order valence-electron chi connectivity index (χ1n) is 9.48. The number of benzene rings is 2. The summed E-state index contributed by atoms with van der Waals surface area (Å²) in [5.41, 5.74) is 8.02. The Morgan fingerprint density at radius 3 is 2.50 bits per heavy atom. The number of nitrogens with two attached hydrogens (primary N) is 1. The third-order valence-corrected chi connectivity index (χ3v) is 4.96. The van der Waals surface area contributed by atoms with E-state index in [1.54, 1.807) is 12.0 Å². The summed E-state index contributed by atoms with van der Waals surface area (Å²) in [5, 5.41) is 0. The lowest BCUT2D eigenvalue weighted by Crippen LogP contribution is -2.49. The second-order valence-corrected chi connectivity index (χ2v) is 6.94. The molecule has 1 heterocycles. The number of hydrogen-bond acceptors (Lipinski definition) is 5. The number of nitrogens with zero attached hydrogens (tertiary/aromatic N) is 1. The highest BCUT2D eigenvalue weighted by Crippen LogP contribution is 2.21. The van der Waals surface area contributed by atoms with Crippen LogP contribution in [0.25, 0.3) is 0 Å². The molecule has 1 amide bonds. The molecule has 1 saturated heterocycles. The van der Waals surface area contributed by atoms with Gasteiger partial charge in [0.25, 0.3) is 0 Å². The van der Waals surface area contributed by atoms with Gasteiger partial charge in [0.05, 0.1) is 13.2 Å². The summed E-state index contributed by atoms with van der Waals surface area (Å²) >= 11 is 0. The van der Waals surface area contributed by atoms with Crippen molar-refractivity contribution in [2.75, 3.05) is 13.7 Å². The highest BCUT2D eigenvalue weighted by Gasteiger charge is 2.37. The summed E-state index contributed by atoms with van der Waals surface area (Å²) in [6.45, 7) is 0.732. The van der Waals surface area contributed by atoms with Crippen molar-refractivity contribution in [1.29, 1.82) is 0 Å². The maximum atomic E-state index is 12.8. The largest absolute Gasteiger partial charge is 0.497 e. The number of carbonyl (C=O) groups is 2. The first-order valence-corrected chi connectivity index (χ1v) is 9.48. The Balaban J connectivity index is 1.57. The number of carbonyl (C=O) groups excluding carboxylic acids is 2. The van der Waals surface area contributed by atoms with Crippen LogP contribution in [0, 0.1) is 0 Å². The molecule has 3 rings (SSSR count). The third kappa shape index (κ3) is 4.89. The zero-order valence-corrected chi connectivity index (χ0v) is 16.0. The number of methoxy groups -OCH3 is 1. The highest BCUT2D eigenvalue weighted by atomic mass is 16.5. The number of esters is 1. The van der Waals surface area contributed by atoms with E-state index in [1.165, 1.54) is 0 Å². The quantitative estimate of drug-likeness (QED) is 0.743. The highest BCUT2D eigenvalue weighted by molar-refractivity contribution is 5.88. The van der Waals surface area contributed by atoms with Gasteiger partial charge in [-0.05, 0) is 42.5 Å². The van der Waals surface area contributed by atoms with Crippen LogP contribution in [0.15, 0.2) is 54.6 Å². The Labute approximate surface area is 165 Å². The topological polar surface area (TPSA) is 81.9 Å². The normalized spacial score (nSPS) is 17.2. The van der Waals surface area contributed by atoms with Gasteiger partial charge in [0.2, 0.25) is 5.91 Å². The number of likely N-dealkylation sites (tertiary alicyclic amines) is 1. The molecule has 0 aromatic heterocycles. The lowest BCUT2D eigenvalue weighted by Gasteiger charge is -2.26. The molecule has 2 aromatic rings. The molecule has 1 aliphatic rings. The van der Waals surface area contributed by atoms with Crippen molar-refractivity contribution < 1.29 is 19.1 Å². The van der Waals surface area contributed by atoms with Gasteiger partial charge >= 0.3 is 5.97 Å². The monoisotopic (exact) mass is 382 g/mol. The molecule has 1 fully saturated rings. The van der Waals surface area contributed by atoms with E-state index in [0.717, 1.165) is 23.3 Å². The molecular weight excluding hydrogens is 356 g/mol. The summed E-state index contributed by atoms with van der Waals surface area (Å²) in [6, 6.07) is 15.7.